The fourth-order valence-corrected chi connectivity index (χ4v) is 2.41. The van der Waals surface area contributed by atoms with Crippen LogP contribution in [0.3, 0.4) is 0 Å². The van der Waals surface area contributed by atoms with Gasteiger partial charge in [-0.1, -0.05) is 19.3 Å². The molecular weight excluding hydrogens is 134 g/mol. The van der Waals surface area contributed by atoms with Crippen LogP contribution in [-0.2, 0) is 0 Å². The maximum absolute atomic E-state index is 2.47. The summed E-state index contributed by atoms with van der Waals surface area (Å²) in [4.78, 5) is 2.47. The van der Waals surface area contributed by atoms with Crippen LogP contribution in [-0.4, -0.2) is 25.0 Å². The molecule has 0 unspecified atom stereocenters. The first kappa shape index (κ1) is 7.60. The molecule has 2 aliphatic rings. The minimum Gasteiger partial charge on any atom is -0.306 e. The van der Waals surface area contributed by atoms with Crippen LogP contribution in [0.1, 0.15) is 32.1 Å². The first-order valence-electron chi connectivity index (χ1n) is 5.05. The highest BCUT2D eigenvalue weighted by Crippen LogP contribution is 2.38. The molecule has 1 heterocycles. The second-order valence-corrected chi connectivity index (χ2v) is 4.33. The summed E-state index contributed by atoms with van der Waals surface area (Å²) in [6, 6.07) is 0. The fraction of sp³-hybridized carbons (Fsp3) is 1.00. The maximum atomic E-state index is 2.47. The van der Waals surface area contributed by atoms with E-state index < -0.39 is 0 Å². The van der Waals surface area contributed by atoms with E-state index in [0.29, 0.717) is 0 Å². The van der Waals surface area contributed by atoms with Crippen LogP contribution in [0, 0.1) is 11.8 Å². The summed E-state index contributed by atoms with van der Waals surface area (Å²) in [7, 11) is 2.25. The molecule has 11 heavy (non-hydrogen) atoms. The number of hydrogen-bond acceptors (Lipinski definition) is 1. The van der Waals surface area contributed by atoms with Gasteiger partial charge in [-0.25, -0.2) is 0 Å². The van der Waals surface area contributed by atoms with E-state index in [1.54, 1.807) is 0 Å². The highest BCUT2D eigenvalue weighted by molar-refractivity contribution is 4.81. The molecule has 2 rings (SSSR count). The van der Waals surface area contributed by atoms with Crippen molar-refractivity contribution < 1.29 is 0 Å². The van der Waals surface area contributed by atoms with Crippen LogP contribution in [0.2, 0.25) is 0 Å². The van der Waals surface area contributed by atoms with Crippen LogP contribution in [0.25, 0.3) is 0 Å². The van der Waals surface area contributed by atoms with Crippen molar-refractivity contribution in [2.75, 3.05) is 20.1 Å². The highest BCUT2D eigenvalue weighted by atomic mass is 15.1. The van der Waals surface area contributed by atoms with Gasteiger partial charge in [0.05, 0.1) is 0 Å². The molecule has 0 atom stereocenters. The fourth-order valence-electron chi connectivity index (χ4n) is 2.41. The van der Waals surface area contributed by atoms with Gasteiger partial charge >= 0.3 is 0 Å². The van der Waals surface area contributed by atoms with Gasteiger partial charge in [-0.2, -0.15) is 0 Å². The van der Waals surface area contributed by atoms with Crippen LogP contribution in [0.15, 0.2) is 0 Å². The number of nitrogens with zero attached hydrogens (tertiary/aromatic N) is 1. The molecule has 0 N–H and O–H groups in total. The molecule has 0 radical (unpaired) electrons. The third-order valence-electron chi connectivity index (χ3n) is 3.58. The van der Waals surface area contributed by atoms with E-state index >= 15 is 0 Å². The first-order chi connectivity index (χ1) is 5.36. The molecule has 0 aromatic heterocycles. The standard InChI is InChI=1S/C10H19N/c1-11-7-5-10(6-8-11)9-3-2-4-9/h9-10H,2-8H2,1H3. The first-order valence-corrected chi connectivity index (χ1v) is 5.05. The smallest absolute Gasteiger partial charge is 0.00190 e. The van der Waals surface area contributed by atoms with Crippen molar-refractivity contribution in [3.63, 3.8) is 0 Å². The molecule has 0 aromatic carbocycles. The van der Waals surface area contributed by atoms with Crippen LogP contribution >= 0.6 is 0 Å². The summed E-state index contributed by atoms with van der Waals surface area (Å²) >= 11 is 0. The second-order valence-electron chi connectivity index (χ2n) is 4.33. The molecular formula is C10H19N. The van der Waals surface area contributed by atoms with E-state index in [0.717, 1.165) is 11.8 Å². The van der Waals surface area contributed by atoms with Crippen molar-refractivity contribution in [2.45, 2.75) is 32.1 Å². The van der Waals surface area contributed by atoms with Gasteiger partial charge in [0.2, 0.25) is 0 Å². The molecule has 0 spiro atoms. The van der Waals surface area contributed by atoms with E-state index in [4.69, 9.17) is 0 Å². The Morgan fingerprint density at radius 3 is 1.91 bits per heavy atom. The maximum Gasteiger partial charge on any atom is -0.00190 e. The van der Waals surface area contributed by atoms with E-state index in [-0.39, 0.29) is 0 Å². The highest BCUT2D eigenvalue weighted by Gasteiger charge is 2.28. The zero-order chi connectivity index (χ0) is 7.68. The second kappa shape index (κ2) is 3.14. The zero-order valence-electron chi connectivity index (χ0n) is 7.55. The van der Waals surface area contributed by atoms with Crippen LogP contribution in [0.5, 0.6) is 0 Å². The van der Waals surface area contributed by atoms with Gasteiger partial charge in [0.25, 0.3) is 0 Å². The monoisotopic (exact) mass is 153 g/mol. The Labute approximate surface area is 69.8 Å². The molecule has 0 aromatic rings. The van der Waals surface area contributed by atoms with Crippen LogP contribution in [0.4, 0.5) is 0 Å². The third-order valence-corrected chi connectivity index (χ3v) is 3.58. The topological polar surface area (TPSA) is 3.24 Å². The molecule has 1 heteroatoms. The molecule has 1 aliphatic heterocycles. The number of likely N-dealkylation sites (tertiary alicyclic amines) is 1. The minimum absolute atomic E-state index is 1.10. The van der Waals surface area contributed by atoms with Gasteiger partial charge in [0.15, 0.2) is 0 Å². The van der Waals surface area contributed by atoms with Crippen LogP contribution < -0.4 is 0 Å². The summed E-state index contributed by atoms with van der Waals surface area (Å²) < 4.78 is 0. The predicted molar refractivity (Wildman–Crippen MR) is 47.6 cm³/mol. The Balaban J connectivity index is 1.77. The van der Waals surface area contributed by atoms with Crippen molar-refractivity contribution in [1.29, 1.82) is 0 Å². The molecule has 1 saturated heterocycles. The molecule has 1 saturated carbocycles. The number of rotatable bonds is 1. The Kier molecular flexibility index (Phi) is 2.17. The van der Waals surface area contributed by atoms with E-state index in [2.05, 4.69) is 11.9 Å². The molecule has 0 bridgehead atoms. The Morgan fingerprint density at radius 2 is 1.45 bits per heavy atom. The van der Waals surface area contributed by atoms with Gasteiger partial charge in [0, 0.05) is 0 Å². The van der Waals surface area contributed by atoms with E-state index in [1.807, 2.05) is 0 Å². The van der Waals surface area contributed by atoms with Gasteiger partial charge < -0.3 is 4.90 Å². The lowest BCUT2D eigenvalue weighted by atomic mass is 9.72. The largest absolute Gasteiger partial charge is 0.306 e. The van der Waals surface area contributed by atoms with Gasteiger partial charge in [0.1, 0.15) is 0 Å². The van der Waals surface area contributed by atoms with Crippen molar-refractivity contribution in [2.24, 2.45) is 11.8 Å². The average molecular weight is 153 g/mol. The Bertz CT molecular complexity index is 121. The third kappa shape index (κ3) is 1.58. The van der Waals surface area contributed by atoms with Crippen molar-refractivity contribution >= 4 is 0 Å². The lowest BCUT2D eigenvalue weighted by Gasteiger charge is -2.38. The normalized spacial score (nSPS) is 30.3. The summed E-state index contributed by atoms with van der Waals surface area (Å²) in [5, 5.41) is 0. The molecule has 1 aliphatic carbocycles. The van der Waals surface area contributed by atoms with Gasteiger partial charge in [-0.05, 0) is 44.8 Å². The number of hydrogen-bond donors (Lipinski definition) is 0. The summed E-state index contributed by atoms with van der Waals surface area (Å²) in [6.07, 6.45) is 7.53. The van der Waals surface area contributed by atoms with Crippen molar-refractivity contribution in [3.8, 4) is 0 Å². The Hall–Kier alpha value is -0.0400. The molecule has 64 valence electrons. The predicted octanol–water partition coefficient (Wildman–Crippen LogP) is 2.13. The molecule has 0 amide bonds. The number of piperidine rings is 1. The Morgan fingerprint density at radius 1 is 0.909 bits per heavy atom. The summed E-state index contributed by atoms with van der Waals surface area (Å²) in [6.45, 7) is 2.70. The lowest BCUT2D eigenvalue weighted by molar-refractivity contribution is 0.122. The quantitative estimate of drug-likeness (QED) is 0.558. The van der Waals surface area contributed by atoms with E-state index in [1.165, 1.54) is 45.2 Å². The lowest BCUT2D eigenvalue weighted by Crippen LogP contribution is -2.35. The van der Waals surface area contributed by atoms with Crippen molar-refractivity contribution in [3.05, 3.63) is 0 Å². The molecule has 2 fully saturated rings. The van der Waals surface area contributed by atoms with Crippen molar-refractivity contribution in [1.82, 2.24) is 4.90 Å². The minimum atomic E-state index is 1.10. The van der Waals surface area contributed by atoms with E-state index in [9.17, 15) is 0 Å². The van der Waals surface area contributed by atoms with Gasteiger partial charge in [-0.3, -0.25) is 0 Å². The summed E-state index contributed by atoms with van der Waals surface area (Å²) in [5.74, 6) is 2.23. The molecule has 1 nitrogen and oxygen atoms in total. The SMILES string of the molecule is CN1CCC(C2CCC2)CC1. The summed E-state index contributed by atoms with van der Waals surface area (Å²) in [5.41, 5.74) is 0. The van der Waals surface area contributed by atoms with Gasteiger partial charge in [-0.15, -0.1) is 0 Å². The average Bonchev–Trinajstić information content (AvgIpc) is 1.90. The zero-order valence-corrected chi connectivity index (χ0v) is 7.55.